The molecule has 2 aromatic heterocycles. The first-order valence-corrected chi connectivity index (χ1v) is 25.1. The molecule has 0 aliphatic rings. The molecule has 20 nitrogen and oxygen atoms in total. The molecule has 4 amide bonds. The lowest BCUT2D eigenvalue weighted by Gasteiger charge is -2.19. The third kappa shape index (κ3) is 16.6. The van der Waals surface area contributed by atoms with E-state index in [4.69, 9.17) is 18.9 Å². The van der Waals surface area contributed by atoms with E-state index in [1.165, 1.54) is 45.3 Å². The van der Waals surface area contributed by atoms with Crippen LogP contribution >= 0.6 is 0 Å². The fourth-order valence-corrected chi connectivity index (χ4v) is 8.33. The molecule has 0 bridgehead atoms. The molecule has 2 atom stereocenters. The molecule has 4 N–H and O–H groups in total. The number of amides is 4. The summed E-state index contributed by atoms with van der Waals surface area (Å²) in [6.07, 6.45) is 1.05. The Labute approximate surface area is 453 Å². The van der Waals surface area contributed by atoms with Crippen LogP contribution in [0.25, 0.3) is 33.9 Å². The molecular weight excluding hydrogens is 1010 g/mol. The van der Waals surface area contributed by atoms with Crippen molar-refractivity contribution in [3.63, 3.8) is 0 Å². The molecular formula is C57H69FN8O12. The van der Waals surface area contributed by atoms with Crippen LogP contribution in [0.5, 0.6) is 23.0 Å². The van der Waals surface area contributed by atoms with Gasteiger partial charge in [0.15, 0.2) is 11.4 Å². The van der Waals surface area contributed by atoms with Gasteiger partial charge < -0.3 is 49.7 Å². The first kappa shape index (κ1) is 60.1. The second-order valence-electron chi connectivity index (χ2n) is 18.8. The predicted molar refractivity (Wildman–Crippen MR) is 290 cm³/mol. The first-order chi connectivity index (χ1) is 37.3. The standard InChI is InChI=1S/C29H36N4O6.C28H33FN4O6/c1-18(2)14-20(15-26(34)30-17-27(35)39-6)31-29(36)22-16-23(28-24(37-4)8-7-9-25(28)38-5)33(32-22)21-12-10-19(3)11-13-21;1-17(2)13-19(14-25(34)30-16-26(35)39-5)31-28(36)21-15-22(27-23(37-3)7-6-8-24(27)38-4)33(32-21)20-11-9-18(29)10-12-20/h7-13,16,18,20H,14-15,17H2,1-6H3,(H,30,34)(H,31,36);6-12,15,17,19H,13-14,16H2,1-5H3,(H,30,34)(H,31,36)/t20-;19-/m00/s1. The van der Waals surface area contributed by atoms with Crippen LogP contribution in [0.2, 0.25) is 0 Å². The Balaban J connectivity index is 0.000000287. The molecule has 0 aliphatic carbocycles. The largest absolute Gasteiger partial charge is 0.496 e. The van der Waals surface area contributed by atoms with Crippen molar-refractivity contribution in [2.75, 3.05) is 55.7 Å². The van der Waals surface area contributed by atoms with Crippen molar-refractivity contribution in [2.24, 2.45) is 11.8 Å². The summed E-state index contributed by atoms with van der Waals surface area (Å²) in [5.74, 6) is -0.734. The zero-order valence-electron chi connectivity index (χ0n) is 45.9. The summed E-state index contributed by atoms with van der Waals surface area (Å²) in [6, 6.07) is 26.5. The SMILES string of the molecule is COC(=O)CNC(=O)C[C@H](CC(C)C)NC(=O)c1cc(-c2c(OC)cccc2OC)n(-c2ccc(C)cc2)n1.COC(=O)CNC(=O)C[C@H](CC(C)C)NC(=O)c1cc(-c2c(OC)cccc2OC)n(-c2ccc(F)cc2)n1. The van der Waals surface area contributed by atoms with Crippen LogP contribution < -0.4 is 40.2 Å². The number of methoxy groups -OCH3 is 6. The van der Waals surface area contributed by atoms with Crippen molar-refractivity contribution in [3.05, 3.63) is 120 Å². The van der Waals surface area contributed by atoms with E-state index in [2.05, 4.69) is 40.9 Å². The van der Waals surface area contributed by atoms with Crippen molar-refractivity contribution >= 4 is 35.6 Å². The van der Waals surface area contributed by atoms with Crippen LogP contribution in [-0.2, 0) is 28.7 Å². The van der Waals surface area contributed by atoms with E-state index in [0.717, 1.165) is 11.3 Å². The molecule has 78 heavy (non-hydrogen) atoms. The van der Waals surface area contributed by atoms with Crippen LogP contribution in [0.15, 0.2) is 97.1 Å². The number of rotatable bonds is 24. The number of benzene rings is 4. The first-order valence-electron chi connectivity index (χ1n) is 25.1. The molecule has 0 fully saturated rings. The van der Waals surface area contributed by atoms with Gasteiger partial charge in [-0.2, -0.15) is 10.2 Å². The number of carbonyl (C=O) groups is 6. The Morgan fingerprint density at radius 1 is 0.526 bits per heavy atom. The molecule has 0 radical (unpaired) electrons. The second-order valence-corrected chi connectivity index (χ2v) is 18.8. The van der Waals surface area contributed by atoms with Gasteiger partial charge in [-0.1, -0.05) is 57.5 Å². The summed E-state index contributed by atoms with van der Waals surface area (Å²) in [4.78, 5) is 74.5. The minimum Gasteiger partial charge on any atom is -0.496 e. The number of nitrogens with zero attached hydrogens (tertiary/aromatic N) is 4. The van der Waals surface area contributed by atoms with Crippen LogP contribution in [0.3, 0.4) is 0 Å². The molecule has 0 spiro atoms. The van der Waals surface area contributed by atoms with Gasteiger partial charge in [-0.3, -0.25) is 28.8 Å². The van der Waals surface area contributed by atoms with Crippen LogP contribution in [0, 0.1) is 24.6 Å². The Morgan fingerprint density at radius 3 is 1.19 bits per heavy atom. The Kier molecular flexibility index (Phi) is 22.3. The minimum atomic E-state index is -0.571. The highest BCUT2D eigenvalue weighted by Gasteiger charge is 2.27. The van der Waals surface area contributed by atoms with E-state index in [9.17, 15) is 33.2 Å². The van der Waals surface area contributed by atoms with Gasteiger partial charge in [-0.15, -0.1) is 0 Å². The average molecular weight is 1080 g/mol. The van der Waals surface area contributed by atoms with Gasteiger partial charge in [0, 0.05) is 24.9 Å². The zero-order chi connectivity index (χ0) is 57.1. The van der Waals surface area contributed by atoms with Gasteiger partial charge in [-0.25, -0.2) is 13.8 Å². The molecule has 6 rings (SSSR count). The summed E-state index contributed by atoms with van der Waals surface area (Å²) in [7, 11) is 8.66. The predicted octanol–water partition coefficient (Wildman–Crippen LogP) is 7.21. The molecule has 0 unspecified atom stereocenters. The van der Waals surface area contributed by atoms with Gasteiger partial charge in [0.25, 0.3) is 11.8 Å². The number of carbonyl (C=O) groups excluding carboxylic acids is 6. The molecule has 4 aromatic carbocycles. The van der Waals surface area contributed by atoms with Crippen molar-refractivity contribution in [3.8, 4) is 56.9 Å². The second kappa shape index (κ2) is 29.0. The third-order valence-corrected chi connectivity index (χ3v) is 12.0. The summed E-state index contributed by atoms with van der Waals surface area (Å²) in [6.45, 7) is 9.45. The third-order valence-electron chi connectivity index (χ3n) is 12.0. The minimum absolute atomic E-state index is 0.00672. The molecule has 6 aromatic rings. The Bertz CT molecular complexity index is 2760. The van der Waals surface area contributed by atoms with Crippen LogP contribution in [-0.4, -0.2) is 123 Å². The van der Waals surface area contributed by atoms with Gasteiger partial charge in [0.05, 0.1) is 76.5 Å². The monoisotopic (exact) mass is 1080 g/mol. The quantitative estimate of drug-likeness (QED) is 0.0438. The van der Waals surface area contributed by atoms with Gasteiger partial charge in [-0.05, 0) is 104 Å². The lowest BCUT2D eigenvalue weighted by Crippen LogP contribution is -2.41. The van der Waals surface area contributed by atoms with Gasteiger partial charge >= 0.3 is 11.9 Å². The summed E-state index contributed by atoms with van der Waals surface area (Å²) < 4.78 is 48.3. The van der Waals surface area contributed by atoms with E-state index in [1.807, 2.05) is 77.1 Å². The highest BCUT2D eigenvalue weighted by atomic mass is 19.1. The lowest BCUT2D eigenvalue weighted by molar-refractivity contribution is -0.141. The van der Waals surface area contributed by atoms with Crippen molar-refractivity contribution in [1.82, 2.24) is 40.8 Å². The number of aryl methyl sites for hydroxylation is 1. The summed E-state index contributed by atoms with van der Waals surface area (Å²) in [5, 5.41) is 20.0. The maximum absolute atomic E-state index is 13.7. The highest BCUT2D eigenvalue weighted by Crippen LogP contribution is 2.41. The Morgan fingerprint density at radius 2 is 0.872 bits per heavy atom. The summed E-state index contributed by atoms with van der Waals surface area (Å²) in [5.41, 5.74) is 4.89. The maximum atomic E-state index is 13.7. The zero-order valence-corrected chi connectivity index (χ0v) is 45.9. The molecule has 21 heteroatoms. The van der Waals surface area contributed by atoms with E-state index in [1.54, 1.807) is 61.4 Å². The number of esters is 2. The molecule has 2 heterocycles. The number of aromatic nitrogens is 4. The highest BCUT2D eigenvalue weighted by molar-refractivity contribution is 5.96. The number of hydrogen-bond donors (Lipinski definition) is 4. The maximum Gasteiger partial charge on any atom is 0.325 e. The molecule has 416 valence electrons. The lowest BCUT2D eigenvalue weighted by atomic mass is 10.0. The van der Waals surface area contributed by atoms with E-state index in [0.29, 0.717) is 64.0 Å². The van der Waals surface area contributed by atoms with Crippen molar-refractivity contribution < 1.29 is 61.6 Å². The van der Waals surface area contributed by atoms with E-state index in [-0.39, 0.29) is 55.1 Å². The Hall–Kier alpha value is -8.75. The number of halogens is 1. The molecule has 0 saturated heterocycles. The van der Waals surface area contributed by atoms with Crippen LogP contribution in [0.1, 0.15) is 79.9 Å². The number of nitrogens with one attached hydrogen (secondary N) is 4. The van der Waals surface area contributed by atoms with Crippen LogP contribution in [0.4, 0.5) is 4.39 Å². The average Bonchev–Trinajstić information content (AvgIpc) is 4.13. The summed E-state index contributed by atoms with van der Waals surface area (Å²) >= 11 is 0. The van der Waals surface area contributed by atoms with Gasteiger partial charge in [0.1, 0.15) is 41.9 Å². The topological polar surface area (TPSA) is 242 Å². The molecule has 0 aliphatic heterocycles. The molecule has 0 saturated carbocycles. The normalized spacial score (nSPS) is 11.6. The van der Waals surface area contributed by atoms with E-state index >= 15 is 0 Å². The fourth-order valence-electron chi connectivity index (χ4n) is 8.33. The van der Waals surface area contributed by atoms with Crippen molar-refractivity contribution in [1.29, 1.82) is 0 Å². The number of ether oxygens (including phenoxy) is 6. The van der Waals surface area contributed by atoms with E-state index < -0.39 is 47.6 Å². The van der Waals surface area contributed by atoms with Gasteiger partial charge in [0.2, 0.25) is 11.8 Å². The van der Waals surface area contributed by atoms with Crippen molar-refractivity contribution in [2.45, 2.75) is 72.4 Å². The number of hydrogen-bond acceptors (Lipinski definition) is 14. The fraction of sp³-hybridized carbons (Fsp3) is 0.368. The smallest absolute Gasteiger partial charge is 0.325 e.